The average molecular weight is 210 g/mol. The zero-order valence-corrected chi connectivity index (χ0v) is 8.81. The summed E-state index contributed by atoms with van der Waals surface area (Å²) in [6, 6.07) is 8.21. The Morgan fingerprint density at radius 1 is 1.19 bits per heavy atom. The number of aryl methyl sites for hydroxylation is 1. The van der Waals surface area contributed by atoms with Crippen LogP contribution in [0.5, 0.6) is 0 Å². The summed E-state index contributed by atoms with van der Waals surface area (Å²) in [4.78, 5) is 4.27. The summed E-state index contributed by atoms with van der Waals surface area (Å²) in [5.74, 6) is 0. The number of pyridine rings is 1. The van der Waals surface area contributed by atoms with E-state index in [9.17, 15) is 0 Å². The first-order chi connectivity index (χ1) is 7.84. The van der Waals surface area contributed by atoms with Crippen LogP contribution >= 0.6 is 0 Å². The number of aromatic nitrogens is 4. The number of rotatable bonds is 1. The Hall–Kier alpha value is -2.23. The van der Waals surface area contributed by atoms with Gasteiger partial charge in [-0.2, -0.15) is 15.4 Å². The van der Waals surface area contributed by atoms with Crippen molar-refractivity contribution in [2.45, 2.75) is 6.92 Å². The number of hydrogen-bond acceptors (Lipinski definition) is 3. The van der Waals surface area contributed by atoms with Crippen LogP contribution in [0.15, 0.2) is 36.7 Å². The number of fused-ring (bicyclic) bond motifs is 1. The van der Waals surface area contributed by atoms with Crippen LogP contribution in [0.4, 0.5) is 0 Å². The van der Waals surface area contributed by atoms with Crippen molar-refractivity contribution in [3.05, 3.63) is 42.4 Å². The van der Waals surface area contributed by atoms with Gasteiger partial charge in [0.15, 0.2) is 0 Å². The predicted octanol–water partition coefficient (Wildman–Crippen LogP) is 2.33. The number of benzene rings is 1. The van der Waals surface area contributed by atoms with Crippen LogP contribution in [0.3, 0.4) is 0 Å². The molecule has 0 fully saturated rings. The second kappa shape index (κ2) is 3.41. The summed E-state index contributed by atoms with van der Waals surface area (Å²) in [5, 5.41) is 12.8. The molecule has 0 saturated carbocycles. The second-order valence-corrected chi connectivity index (χ2v) is 3.69. The van der Waals surface area contributed by atoms with E-state index in [-0.39, 0.29) is 0 Å². The second-order valence-electron chi connectivity index (χ2n) is 3.69. The number of nitrogens with one attached hydrogen (secondary N) is 1. The SMILES string of the molecule is Cc1nccc2cc(-c3cn[nH]n3)ccc12. The molecule has 0 atom stereocenters. The quantitative estimate of drug-likeness (QED) is 0.670. The van der Waals surface area contributed by atoms with E-state index in [1.54, 1.807) is 6.20 Å². The third-order valence-corrected chi connectivity index (χ3v) is 2.67. The molecule has 1 N–H and O–H groups in total. The van der Waals surface area contributed by atoms with Crippen molar-refractivity contribution in [2.75, 3.05) is 0 Å². The van der Waals surface area contributed by atoms with Crippen LogP contribution in [0.1, 0.15) is 5.69 Å². The van der Waals surface area contributed by atoms with Gasteiger partial charge in [-0.1, -0.05) is 12.1 Å². The molecule has 0 radical (unpaired) electrons. The van der Waals surface area contributed by atoms with Gasteiger partial charge in [0.2, 0.25) is 0 Å². The van der Waals surface area contributed by atoms with E-state index in [0.29, 0.717) is 0 Å². The Labute approximate surface area is 92.3 Å². The van der Waals surface area contributed by atoms with Gasteiger partial charge in [0.05, 0.1) is 6.20 Å². The van der Waals surface area contributed by atoms with Gasteiger partial charge in [-0.3, -0.25) is 4.98 Å². The first-order valence-electron chi connectivity index (χ1n) is 5.06. The molecule has 2 heterocycles. The first-order valence-corrected chi connectivity index (χ1v) is 5.06. The lowest BCUT2D eigenvalue weighted by Gasteiger charge is -2.02. The highest BCUT2D eigenvalue weighted by Crippen LogP contribution is 2.23. The van der Waals surface area contributed by atoms with E-state index < -0.39 is 0 Å². The zero-order valence-electron chi connectivity index (χ0n) is 8.81. The molecule has 0 aliphatic heterocycles. The number of nitrogens with zero attached hydrogens (tertiary/aromatic N) is 3. The van der Waals surface area contributed by atoms with Crippen LogP contribution in [0.2, 0.25) is 0 Å². The minimum absolute atomic E-state index is 0.858. The highest BCUT2D eigenvalue weighted by Gasteiger charge is 2.03. The molecule has 0 aliphatic carbocycles. The highest BCUT2D eigenvalue weighted by molar-refractivity contribution is 5.88. The summed E-state index contributed by atoms with van der Waals surface area (Å²) in [6.07, 6.45) is 3.54. The fourth-order valence-corrected chi connectivity index (χ4v) is 1.83. The summed E-state index contributed by atoms with van der Waals surface area (Å²) in [5.41, 5.74) is 2.97. The van der Waals surface area contributed by atoms with Gasteiger partial charge in [-0.15, -0.1) is 0 Å². The Balaban J connectivity index is 2.24. The molecule has 1 aromatic carbocycles. The van der Waals surface area contributed by atoms with Gasteiger partial charge in [0, 0.05) is 22.8 Å². The van der Waals surface area contributed by atoms with Crippen LogP contribution < -0.4 is 0 Å². The smallest absolute Gasteiger partial charge is 0.112 e. The standard InChI is InChI=1S/C12H10N4/c1-8-11-3-2-10(12-7-14-16-15-12)6-9(11)4-5-13-8/h2-7H,1H3,(H,14,15,16). The third-order valence-electron chi connectivity index (χ3n) is 2.67. The maximum Gasteiger partial charge on any atom is 0.112 e. The van der Waals surface area contributed by atoms with Crippen molar-refractivity contribution in [1.29, 1.82) is 0 Å². The van der Waals surface area contributed by atoms with Crippen molar-refractivity contribution in [3.8, 4) is 11.3 Å². The van der Waals surface area contributed by atoms with E-state index >= 15 is 0 Å². The molecule has 0 aliphatic rings. The summed E-state index contributed by atoms with van der Waals surface area (Å²) in [7, 11) is 0. The lowest BCUT2D eigenvalue weighted by atomic mass is 10.1. The van der Waals surface area contributed by atoms with Gasteiger partial charge in [0.25, 0.3) is 0 Å². The van der Waals surface area contributed by atoms with E-state index in [4.69, 9.17) is 0 Å². The van der Waals surface area contributed by atoms with Gasteiger partial charge in [-0.25, -0.2) is 0 Å². The largest absolute Gasteiger partial charge is 0.261 e. The normalized spacial score (nSPS) is 10.8. The van der Waals surface area contributed by atoms with Crippen molar-refractivity contribution in [1.82, 2.24) is 20.4 Å². The zero-order chi connectivity index (χ0) is 11.0. The highest BCUT2D eigenvalue weighted by atomic mass is 15.3. The monoisotopic (exact) mass is 210 g/mol. The topological polar surface area (TPSA) is 54.5 Å². The molecule has 4 nitrogen and oxygen atoms in total. The summed E-state index contributed by atoms with van der Waals surface area (Å²) in [6.45, 7) is 2.01. The van der Waals surface area contributed by atoms with Crippen molar-refractivity contribution in [3.63, 3.8) is 0 Å². The molecule has 0 amide bonds. The maximum absolute atomic E-state index is 4.27. The molecular formula is C12H10N4. The summed E-state index contributed by atoms with van der Waals surface area (Å²) >= 11 is 0. The molecule has 2 aromatic heterocycles. The van der Waals surface area contributed by atoms with Crippen LogP contribution in [-0.4, -0.2) is 20.4 Å². The Kier molecular flexibility index (Phi) is 1.93. The minimum atomic E-state index is 0.858. The predicted molar refractivity (Wildman–Crippen MR) is 61.9 cm³/mol. The molecule has 0 saturated heterocycles. The first kappa shape index (κ1) is 9.03. The lowest BCUT2D eigenvalue weighted by molar-refractivity contribution is 0.942. The molecule has 16 heavy (non-hydrogen) atoms. The fraction of sp³-hybridized carbons (Fsp3) is 0.0833. The van der Waals surface area contributed by atoms with Crippen LogP contribution in [0, 0.1) is 6.92 Å². The molecule has 4 heteroatoms. The van der Waals surface area contributed by atoms with Crippen molar-refractivity contribution < 1.29 is 0 Å². The van der Waals surface area contributed by atoms with E-state index in [0.717, 1.165) is 17.0 Å². The molecule has 0 unspecified atom stereocenters. The van der Waals surface area contributed by atoms with Crippen molar-refractivity contribution in [2.24, 2.45) is 0 Å². The number of hydrogen-bond donors (Lipinski definition) is 1. The number of aromatic amines is 1. The van der Waals surface area contributed by atoms with Gasteiger partial charge in [0.1, 0.15) is 5.69 Å². The van der Waals surface area contributed by atoms with Crippen molar-refractivity contribution >= 4 is 10.8 Å². The molecule has 0 spiro atoms. The van der Waals surface area contributed by atoms with Gasteiger partial charge in [-0.05, 0) is 24.4 Å². The summed E-state index contributed by atoms with van der Waals surface area (Å²) < 4.78 is 0. The van der Waals surface area contributed by atoms with Crippen LogP contribution in [-0.2, 0) is 0 Å². The van der Waals surface area contributed by atoms with Gasteiger partial charge < -0.3 is 0 Å². The Morgan fingerprint density at radius 2 is 2.12 bits per heavy atom. The third kappa shape index (κ3) is 1.35. The molecular weight excluding hydrogens is 200 g/mol. The average Bonchev–Trinajstić information content (AvgIpc) is 2.82. The van der Waals surface area contributed by atoms with Crippen LogP contribution in [0.25, 0.3) is 22.0 Å². The fourth-order valence-electron chi connectivity index (χ4n) is 1.83. The Bertz CT molecular complexity index is 629. The molecule has 0 bridgehead atoms. The Morgan fingerprint density at radius 3 is 2.94 bits per heavy atom. The number of H-pyrrole nitrogens is 1. The van der Waals surface area contributed by atoms with Gasteiger partial charge >= 0.3 is 0 Å². The minimum Gasteiger partial charge on any atom is -0.261 e. The van der Waals surface area contributed by atoms with E-state index in [1.807, 2.05) is 25.3 Å². The molecule has 3 aromatic rings. The lowest BCUT2D eigenvalue weighted by Crippen LogP contribution is -1.84. The molecule has 3 rings (SSSR count). The van der Waals surface area contributed by atoms with E-state index in [1.165, 1.54) is 10.8 Å². The molecule has 78 valence electrons. The van der Waals surface area contributed by atoms with E-state index in [2.05, 4.69) is 32.5 Å². The maximum atomic E-state index is 4.27.